The van der Waals surface area contributed by atoms with Crippen LogP contribution in [0.2, 0.25) is 0 Å². The molecule has 1 aliphatic carbocycles. The average Bonchev–Trinajstić information content (AvgIpc) is 2.95. The van der Waals surface area contributed by atoms with E-state index in [4.69, 9.17) is 0 Å². The molecule has 1 heterocycles. The first-order valence-corrected chi connectivity index (χ1v) is 9.36. The highest BCUT2D eigenvalue weighted by Crippen LogP contribution is 2.18. The number of aromatic nitrogens is 2. The van der Waals surface area contributed by atoms with Gasteiger partial charge in [0.2, 0.25) is 11.9 Å². The van der Waals surface area contributed by atoms with Crippen molar-refractivity contribution in [3.8, 4) is 0 Å². The van der Waals surface area contributed by atoms with Gasteiger partial charge in [-0.05, 0) is 51.2 Å². The number of carbonyl (C=O) groups excluding carboxylic acids is 1. The van der Waals surface area contributed by atoms with Gasteiger partial charge in [-0.25, -0.2) is 9.97 Å². The lowest BCUT2D eigenvalue weighted by atomic mass is 10.1. The normalized spacial score (nSPS) is 16.5. The van der Waals surface area contributed by atoms with Crippen LogP contribution in [0, 0.1) is 13.8 Å². The van der Waals surface area contributed by atoms with Crippen LogP contribution < -0.4 is 10.6 Å². The molecule has 0 radical (unpaired) electrons. The van der Waals surface area contributed by atoms with E-state index in [1.807, 2.05) is 19.9 Å². The number of hydrogen-bond donors (Lipinski definition) is 2. The van der Waals surface area contributed by atoms with Gasteiger partial charge in [-0.3, -0.25) is 4.79 Å². The van der Waals surface area contributed by atoms with Crippen molar-refractivity contribution in [2.75, 3.05) is 17.3 Å². The van der Waals surface area contributed by atoms with E-state index in [2.05, 4.69) is 26.9 Å². The van der Waals surface area contributed by atoms with Crippen LogP contribution in [0.4, 0.5) is 5.95 Å². The Bertz CT molecular complexity index is 483. The molecule has 6 heteroatoms. The largest absolute Gasteiger partial charge is 0.352 e. The molecular formula is C16H26N4OS. The molecule has 22 heavy (non-hydrogen) atoms. The van der Waals surface area contributed by atoms with Gasteiger partial charge >= 0.3 is 0 Å². The van der Waals surface area contributed by atoms with Gasteiger partial charge in [0.1, 0.15) is 6.04 Å². The summed E-state index contributed by atoms with van der Waals surface area (Å²) in [6.45, 7) is 3.88. The summed E-state index contributed by atoms with van der Waals surface area (Å²) in [6.07, 6.45) is 7.46. The summed E-state index contributed by atoms with van der Waals surface area (Å²) in [5.74, 6) is 1.55. The van der Waals surface area contributed by atoms with Crippen molar-refractivity contribution in [2.24, 2.45) is 0 Å². The lowest BCUT2D eigenvalue weighted by Crippen LogP contribution is -2.44. The van der Waals surface area contributed by atoms with Gasteiger partial charge in [0.05, 0.1) is 0 Å². The van der Waals surface area contributed by atoms with Crippen LogP contribution in [0.1, 0.15) is 43.5 Å². The lowest BCUT2D eigenvalue weighted by Gasteiger charge is -2.21. The smallest absolute Gasteiger partial charge is 0.242 e. The molecule has 0 spiro atoms. The van der Waals surface area contributed by atoms with Gasteiger partial charge in [0.15, 0.2) is 0 Å². The summed E-state index contributed by atoms with van der Waals surface area (Å²) in [7, 11) is 0. The van der Waals surface area contributed by atoms with Crippen molar-refractivity contribution >= 4 is 23.6 Å². The number of thioether (sulfide) groups is 1. The van der Waals surface area contributed by atoms with Gasteiger partial charge in [0.25, 0.3) is 0 Å². The number of aryl methyl sites for hydroxylation is 2. The van der Waals surface area contributed by atoms with E-state index in [0.29, 0.717) is 12.0 Å². The summed E-state index contributed by atoms with van der Waals surface area (Å²) in [4.78, 5) is 21.3. The maximum Gasteiger partial charge on any atom is 0.242 e. The predicted octanol–water partition coefficient (Wildman–Crippen LogP) is 2.69. The van der Waals surface area contributed by atoms with Gasteiger partial charge < -0.3 is 10.6 Å². The van der Waals surface area contributed by atoms with Crippen LogP contribution in [-0.4, -0.2) is 40.0 Å². The fourth-order valence-corrected chi connectivity index (χ4v) is 3.29. The first kappa shape index (κ1) is 17.1. The Hall–Kier alpha value is -1.30. The molecule has 1 atom stereocenters. The zero-order valence-corrected chi connectivity index (χ0v) is 14.5. The first-order chi connectivity index (χ1) is 10.6. The number of hydrogen-bond acceptors (Lipinski definition) is 5. The Kier molecular flexibility index (Phi) is 6.49. The zero-order valence-electron chi connectivity index (χ0n) is 13.7. The van der Waals surface area contributed by atoms with Crippen molar-refractivity contribution in [1.29, 1.82) is 0 Å². The highest BCUT2D eigenvalue weighted by atomic mass is 32.2. The second kappa shape index (κ2) is 8.36. The Morgan fingerprint density at radius 1 is 1.32 bits per heavy atom. The van der Waals surface area contributed by atoms with Gasteiger partial charge in [-0.2, -0.15) is 11.8 Å². The maximum absolute atomic E-state index is 12.5. The Labute approximate surface area is 137 Å². The SMILES string of the molecule is CSCC[C@@H](Nc1nc(C)cc(C)n1)C(=O)NC1CCCC1. The molecule has 122 valence electrons. The molecule has 5 nitrogen and oxygen atoms in total. The fraction of sp³-hybridized carbons (Fsp3) is 0.688. The highest BCUT2D eigenvalue weighted by molar-refractivity contribution is 7.98. The van der Waals surface area contributed by atoms with Crippen LogP contribution in [0.3, 0.4) is 0 Å². The summed E-state index contributed by atoms with van der Waals surface area (Å²) in [5, 5.41) is 6.39. The fourth-order valence-electron chi connectivity index (χ4n) is 2.82. The van der Waals surface area contributed by atoms with Crippen LogP contribution in [0.5, 0.6) is 0 Å². The van der Waals surface area contributed by atoms with Gasteiger partial charge in [0, 0.05) is 17.4 Å². The third-order valence-electron chi connectivity index (χ3n) is 3.91. The van der Waals surface area contributed by atoms with Crippen molar-refractivity contribution in [3.05, 3.63) is 17.5 Å². The molecular weight excluding hydrogens is 296 g/mol. The molecule has 1 fully saturated rings. The maximum atomic E-state index is 12.5. The van der Waals surface area contributed by atoms with E-state index in [0.717, 1.165) is 36.4 Å². The van der Waals surface area contributed by atoms with Crippen molar-refractivity contribution in [2.45, 2.75) is 58.0 Å². The van der Waals surface area contributed by atoms with Crippen molar-refractivity contribution in [3.63, 3.8) is 0 Å². The highest BCUT2D eigenvalue weighted by Gasteiger charge is 2.23. The van der Waals surface area contributed by atoms with E-state index < -0.39 is 0 Å². The van der Waals surface area contributed by atoms with Gasteiger partial charge in [-0.1, -0.05) is 12.8 Å². The van der Waals surface area contributed by atoms with Crippen LogP contribution in [0.25, 0.3) is 0 Å². The lowest BCUT2D eigenvalue weighted by molar-refractivity contribution is -0.122. The molecule has 0 aliphatic heterocycles. The summed E-state index contributed by atoms with van der Waals surface area (Å²) in [6, 6.07) is 2.00. The molecule has 1 aliphatic rings. The van der Waals surface area contributed by atoms with E-state index in [1.54, 1.807) is 11.8 Å². The minimum absolute atomic E-state index is 0.0729. The van der Waals surface area contributed by atoms with Crippen LogP contribution >= 0.6 is 11.8 Å². The quantitative estimate of drug-likeness (QED) is 0.808. The Morgan fingerprint density at radius 3 is 2.55 bits per heavy atom. The minimum Gasteiger partial charge on any atom is -0.352 e. The molecule has 0 aromatic carbocycles. The number of rotatable bonds is 7. The second-order valence-electron chi connectivity index (χ2n) is 5.94. The molecule has 1 amide bonds. The molecule has 1 aromatic rings. The number of anilines is 1. The molecule has 2 N–H and O–H groups in total. The van der Waals surface area contributed by atoms with Crippen molar-refractivity contribution in [1.82, 2.24) is 15.3 Å². The second-order valence-corrected chi connectivity index (χ2v) is 6.93. The summed E-state index contributed by atoms with van der Waals surface area (Å²) in [5.41, 5.74) is 1.82. The third kappa shape index (κ3) is 5.16. The third-order valence-corrected chi connectivity index (χ3v) is 4.56. The number of nitrogens with zero attached hydrogens (tertiary/aromatic N) is 2. The predicted molar refractivity (Wildman–Crippen MR) is 92.3 cm³/mol. The minimum atomic E-state index is -0.269. The van der Waals surface area contributed by atoms with Crippen LogP contribution in [-0.2, 0) is 4.79 Å². The number of amides is 1. The first-order valence-electron chi connectivity index (χ1n) is 7.96. The number of carbonyl (C=O) groups is 1. The van der Waals surface area contributed by atoms with Crippen molar-refractivity contribution < 1.29 is 4.79 Å². The molecule has 0 unspecified atom stereocenters. The molecule has 2 rings (SSSR count). The molecule has 0 bridgehead atoms. The van der Waals surface area contributed by atoms with E-state index in [9.17, 15) is 4.79 Å². The van der Waals surface area contributed by atoms with E-state index in [-0.39, 0.29) is 11.9 Å². The molecule has 1 aromatic heterocycles. The number of nitrogens with one attached hydrogen (secondary N) is 2. The standard InChI is InChI=1S/C16H26N4OS/c1-11-10-12(2)18-16(17-11)20-14(8-9-22-3)15(21)19-13-6-4-5-7-13/h10,13-14H,4-9H2,1-3H3,(H,19,21)(H,17,18,20)/t14-/m1/s1. The van der Waals surface area contributed by atoms with Gasteiger partial charge in [-0.15, -0.1) is 0 Å². The Morgan fingerprint density at radius 2 is 1.95 bits per heavy atom. The van der Waals surface area contributed by atoms with E-state index in [1.165, 1.54) is 12.8 Å². The van der Waals surface area contributed by atoms with Crippen LogP contribution in [0.15, 0.2) is 6.07 Å². The zero-order chi connectivity index (χ0) is 15.9. The van der Waals surface area contributed by atoms with E-state index >= 15 is 0 Å². The Balaban J connectivity index is 2.02. The molecule has 0 saturated heterocycles. The summed E-state index contributed by atoms with van der Waals surface area (Å²) >= 11 is 1.75. The monoisotopic (exact) mass is 322 g/mol. The average molecular weight is 322 g/mol. The topological polar surface area (TPSA) is 66.9 Å². The molecule has 1 saturated carbocycles. The summed E-state index contributed by atoms with van der Waals surface area (Å²) < 4.78 is 0.